The molecule has 176 valence electrons. The molecular weight excluding hydrogens is 422 g/mol. The number of imidazole rings is 1. The zero-order valence-electron chi connectivity index (χ0n) is 19.0. The maximum absolute atomic E-state index is 13.1. The summed E-state index contributed by atoms with van der Waals surface area (Å²) in [6, 6.07) is 3.66. The molecule has 0 spiro atoms. The van der Waals surface area contributed by atoms with Gasteiger partial charge >= 0.3 is 0 Å². The lowest BCUT2D eigenvalue weighted by atomic mass is 10.1. The molecule has 2 saturated heterocycles. The summed E-state index contributed by atoms with van der Waals surface area (Å²) in [5, 5.41) is 20.1. The number of aliphatic hydroxyl groups is 1. The predicted molar refractivity (Wildman–Crippen MR) is 125 cm³/mol. The van der Waals surface area contributed by atoms with E-state index in [4.69, 9.17) is 4.98 Å². The fourth-order valence-corrected chi connectivity index (χ4v) is 4.49. The van der Waals surface area contributed by atoms with Gasteiger partial charge in [-0.25, -0.2) is 4.98 Å². The Hall–Kier alpha value is -3.18. The number of fused-ring (bicyclic) bond motifs is 1. The van der Waals surface area contributed by atoms with Crippen LogP contribution in [-0.4, -0.2) is 72.8 Å². The first-order valence-corrected chi connectivity index (χ1v) is 11.6. The van der Waals surface area contributed by atoms with Crippen LogP contribution in [0.15, 0.2) is 30.9 Å². The molecule has 11 nitrogen and oxygen atoms in total. The minimum absolute atomic E-state index is 0.0932. The maximum Gasteiger partial charge on any atom is 0.243 e. The molecule has 5 heterocycles. The van der Waals surface area contributed by atoms with Crippen molar-refractivity contribution in [1.82, 2.24) is 34.6 Å². The van der Waals surface area contributed by atoms with Gasteiger partial charge in [0.15, 0.2) is 5.82 Å². The highest BCUT2D eigenvalue weighted by atomic mass is 16.3. The SMILES string of the molecule is CC(C)n1cnc(Nc2nc(N3C[C@@H](O)C[C@H]3C(=O)N[C@@H]3CCCNC3)nc3cccn23)c1. The summed E-state index contributed by atoms with van der Waals surface area (Å²) in [6.07, 6.45) is 7.31. The van der Waals surface area contributed by atoms with Crippen molar-refractivity contribution in [3.05, 3.63) is 30.9 Å². The largest absolute Gasteiger partial charge is 0.391 e. The molecule has 2 fully saturated rings. The summed E-state index contributed by atoms with van der Waals surface area (Å²) in [5.41, 5.74) is 0.697. The van der Waals surface area contributed by atoms with E-state index in [1.54, 1.807) is 11.2 Å². The van der Waals surface area contributed by atoms with Gasteiger partial charge in [-0.15, -0.1) is 0 Å². The van der Waals surface area contributed by atoms with Crippen molar-refractivity contribution in [2.45, 2.75) is 57.3 Å². The number of β-amino-alcohol motifs (C(OH)–C–C–N with tert-alkyl or cyclic N) is 1. The lowest BCUT2D eigenvalue weighted by molar-refractivity contribution is -0.123. The third-order valence-corrected chi connectivity index (χ3v) is 6.30. The first-order valence-electron chi connectivity index (χ1n) is 11.6. The molecule has 3 atom stereocenters. The zero-order valence-corrected chi connectivity index (χ0v) is 19.0. The third kappa shape index (κ3) is 4.51. The second-order valence-electron chi connectivity index (χ2n) is 9.12. The smallest absolute Gasteiger partial charge is 0.243 e. The first-order chi connectivity index (χ1) is 16.0. The highest BCUT2D eigenvalue weighted by Crippen LogP contribution is 2.26. The number of nitrogens with zero attached hydrogens (tertiary/aromatic N) is 6. The Labute approximate surface area is 192 Å². The van der Waals surface area contributed by atoms with E-state index in [1.165, 1.54) is 0 Å². The molecule has 5 rings (SSSR count). The monoisotopic (exact) mass is 453 g/mol. The number of aliphatic hydroxyl groups excluding tert-OH is 1. The van der Waals surface area contributed by atoms with Gasteiger partial charge in [0.1, 0.15) is 11.7 Å². The summed E-state index contributed by atoms with van der Waals surface area (Å²) in [4.78, 5) is 28.8. The molecule has 3 aromatic heterocycles. The Morgan fingerprint density at radius 1 is 1.33 bits per heavy atom. The van der Waals surface area contributed by atoms with Crippen molar-refractivity contribution in [3.8, 4) is 0 Å². The van der Waals surface area contributed by atoms with Gasteiger partial charge in [-0.1, -0.05) is 0 Å². The Bertz CT molecular complexity index is 1120. The second-order valence-corrected chi connectivity index (χ2v) is 9.12. The molecule has 0 bridgehead atoms. The molecule has 3 aromatic rings. The standard InChI is InChI=1S/C22H31N9O2/c1-14(2)29-12-18(24-13-29)26-21-28-22(27-19-6-4-8-30(19)21)31-11-16(32)9-17(31)20(33)25-15-5-3-7-23-10-15/h4,6,8,12-17,23,32H,3,5,7,9-11H2,1-2H3,(H,25,33)(H,26,27,28)/t15-,16+,17+/m1/s1. The molecule has 2 aliphatic heterocycles. The fraction of sp³-hybridized carbons (Fsp3) is 0.545. The molecule has 4 N–H and O–H groups in total. The fourth-order valence-electron chi connectivity index (χ4n) is 4.49. The first kappa shape index (κ1) is 21.7. The van der Waals surface area contributed by atoms with Gasteiger partial charge in [-0.2, -0.15) is 9.97 Å². The summed E-state index contributed by atoms with van der Waals surface area (Å²) in [6.45, 7) is 6.23. The molecule has 11 heteroatoms. The second kappa shape index (κ2) is 8.99. The molecule has 0 aliphatic carbocycles. The minimum atomic E-state index is -0.616. The Balaban J connectivity index is 1.42. The van der Waals surface area contributed by atoms with Crippen LogP contribution in [0.3, 0.4) is 0 Å². The number of carbonyl (C=O) groups excluding carboxylic acids is 1. The molecule has 33 heavy (non-hydrogen) atoms. The van der Waals surface area contributed by atoms with Gasteiger partial charge < -0.3 is 30.5 Å². The number of amides is 1. The van der Waals surface area contributed by atoms with E-state index >= 15 is 0 Å². The van der Waals surface area contributed by atoms with Gasteiger partial charge in [-0.3, -0.25) is 9.20 Å². The molecule has 0 saturated carbocycles. The summed E-state index contributed by atoms with van der Waals surface area (Å²) in [7, 11) is 0. The van der Waals surface area contributed by atoms with Gasteiger partial charge in [0.25, 0.3) is 0 Å². The van der Waals surface area contributed by atoms with Gasteiger partial charge in [0.2, 0.25) is 17.8 Å². The summed E-state index contributed by atoms with van der Waals surface area (Å²) >= 11 is 0. The Kier molecular flexibility index (Phi) is 5.90. The summed E-state index contributed by atoms with van der Waals surface area (Å²) < 4.78 is 3.85. The van der Waals surface area contributed by atoms with Crippen LogP contribution in [0, 0.1) is 0 Å². The predicted octanol–water partition coefficient (Wildman–Crippen LogP) is 1.06. The number of rotatable bonds is 6. The molecular formula is C22H31N9O2. The van der Waals surface area contributed by atoms with E-state index in [9.17, 15) is 9.90 Å². The highest BCUT2D eigenvalue weighted by Gasteiger charge is 2.38. The topological polar surface area (TPSA) is 125 Å². The van der Waals surface area contributed by atoms with E-state index < -0.39 is 12.1 Å². The number of nitrogens with one attached hydrogen (secondary N) is 3. The van der Waals surface area contributed by atoms with Crippen LogP contribution in [0.2, 0.25) is 0 Å². The van der Waals surface area contributed by atoms with Gasteiger partial charge in [0.05, 0.1) is 12.4 Å². The van der Waals surface area contributed by atoms with Crippen LogP contribution in [0.5, 0.6) is 0 Å². The Morgan fingerprint density at radius 2 is 2.21 bits per heavy atom. The number of hydrogen-bond acceptors (Lipinski definition) is 8. The van der Waals surface area contributed by atoms with Crippen molar-refractivity contribution >= 4 is 29.3 Å². The molecule has 0 radical (unpaired) electrons. The minimum Gasteiger partial charge on any atom is -0.391 e. The van der Waals surface area contributed by atoms with E-state index in [0.29, 0.717) is 42.4 Å². The van der Waals surface area contributed by atoms with Crippen LogP contribution in [0.1, 0.15) is 39.2 Å². The quantitative estimate of drug-likeness (QED) is 0.437. The molecule has 2 aliphatic rings. The lowest BCUT2D eigenvalue weighted by Gasteiger charge is -2.28. The number of piperidine rings is 1. The van der Waals surface area contributed by atoms with Crippen molar-refractivity contribution in [2.75, 3.05) is 29.9 Å². The van der Waals surface area contributed by atoms with Crippen LogP contribution in [0.4, 0.5) is 17.7 Å². The van der Waals surface area contributed by atoms with Crippen molar-refractivity contribution in [3.63, 3.8) is 0 Å². The maximum atomic E-state index is 13.1. The summed E-state index contributed by atoms with van der Waals surface area (Å²) in [5.74, 6) is 1.53. The third-order valence-electron chi connectivity index (χ3n) is 6.30. The van der Waals surface area contributed by atoms with E-state index in [0.717, 1.165) is 25.9 Å². The average Bonchev–Trinajstić information content (AvgIpc) is 3.53. The number of aromatic nitrogens is 5. The van der Waals surface area contributed by atoms with E-state index in [1.807, 2.05) is 33.5 Å². The molecule has 0 unspecified atom stereocenters. The Morgan fingerprint density at radius 3 is 2.97 bits per heavy atom. The van der Waals surface area contributed by atoms with E-state index in [2.05, 4.69) is 39.8 Å². The van der Waals surface area contributed by atoms with Gasteiger partial charge in [-0.05, 0) is 45.4 Å². The lowest BCUT2D eigenvalue weighted by Crippen LogP contribution is -2.51. The molecule has 0 aromatic carbocycles. The number of hydrogen-bond donors (Lipinski definition) is 4. The van der Waals surface area contributed by atoms with E-state index in [-0.39, 0.29) is 11.9 Å². The molecule has 1 amide bonds. The van der Waals surface area contributed by atoms with Crippen molar-refractivity contribution in [1.29, 1.82) is 0 Å². The van der Waals surface area contributed by atoms with Gasteiger partial charge in [0, 0.05) is 44.0 Å². The average molecular weight is 454 g/mol. The van der Waals surface area contributed by atoms with Crippen LogP contribution in [-0.2, 0) is 4.79 Å². The van der Waals surface area contributed by atoms with Crippen LogP contribution >= 0.6 is 0 Å². The number of carbonyl (C=O) groups is 1. The normalized spacial score (nSPS) is 23.4. The van der Waals surface area contributed by atoms with Crippen molar-refractivity contribution in [2.24, 2.45) is 0 Å². The van der Waals surface area contributed by atoms with Crippen LogP contribution < -0.4 is 20.9 Å². The highest BCUT2D eigenvalue weighted by molar-refractivity contribution is 5.86. The number of anilines is 3. The van der Waals surface area contributed by atoms with Crippen LogP contribution in [0.25, 0.3) is 5.65 Å². The van der Waals surface area contributed by atoms with Crippen molar-refractivity contribution < 1.29 is 9.90 Å². The zero-order chi connectivity index (χ0) is 22.9.